The average Bonchev–Trinajstić information content (AvgIpc) is 3.02. The van der Waals surface area contributed by atoms with Gasteiger partial charge in [-0.1, -0.05) is 19.9 Å². The van der Waals surface area contributed by atoms with Crippen molar-refractivity contribution in [1.82, 2.24) is 5.43 Å². The highest BCUT2D eigenvalue weighted by Gasteiger charge is 2.50. The quantitative estimate of drug-likeness (QED) is 0.689. The zero-order chi connectivity index (χ0) is 16.0. The van der Waals surface area contributed by atoms with Crippen LogP contribution in [0.15, 0.2) is 34.9 Å². The van der Waals surface area contributed by atoms with Gasteiger partial charge in [-0.15, -0.1) is 0 Å². The van der Waals surface area contributed by atoms with Crippen molar-refractivity contribution in [2.24, 2.45) is 22.4 Å². The highest BCUT2D eigenvalue weighted by molar-refractivity contribution is 5.95. The fraction of sp³-hybridized carbons (Fsp3) is 0.444. The van der Waals surface area contributed by atoms with Crippen LogP contribution in [-0.2, 0) is 0 Å². The summed E-state index contributed by atoms with van der Waals surface area (Å²) in [5, 5.41) is 4.14. The van der Waals surface area contributed by atoms with Crippen LogP contribution in [0.2, 0.25) is 0 Å². The van der Waals surface area contributed by atoms with Gasteiger partial charge in [0.1, 0.15) is 0 Å². The minimum atomic E-state index is -0.248. The van der Waals surface area contributed by atoms with E-state index in [-0.39, 0.29) is 12.7 Å². The van der Waals surface area contributed by atoms with E-state index in [0.717, 1.165) is 12.3 Å². The van der Waals surface area contributed by atoms with Crippen LogP contribution in [0.3, 0.4) is 0 Å². The van der Waals surface area contributed by atoms with Crippen molar-refractivity contribution < 1.29 is 14.3 Å². The third kappa shape index (κ3) is 2.31. The highest BCUT2D eigenvalue weighted by Crippen LogP contribution is 2.58. The van der Waals surface area contributed by atoms with Gasteiger partial charge in [-0.3, -0.25) is 4.79 Å². The van der Waals surface area contributed by atoms with E-state index in [1.807, 2.05) is 0 Å². The minimum Gasteiger partial charge on any atom is -0.454 e. The number of hydrogen-bond acceptors (Lipinski definition) is 4. The van der Waals surface area contributed by atoms with E-state index in [1.165, 1.54) is 12.0 Å². The van der Waals surface area contributed by atoms with Crippen LogP contribution < -0.4 is 14.9 Å². The maximum atomic E-state index is 12.2. The number of hydrogen-bond donors (Lipinski definition) is 1. The number of rotatable bonds is 3. The molecule has 0 radical (unpaired) electrons. The Balaban J connectivity index is 1.41. The number of nitrogens with one attached hydrogen (secondary N) is 1. The lowest BCUT2D eigenvalue weighted by atomic mass is 9.49. The second-order valence-electron chi connectivity index (χ2n) is 7.01. The van der Waals surface area contributed by atoms with E-state index in [9.17, 15) is 4.79 Å². The number of fused-ring (bicyclic) bond motifs is 2. The third-order valence-electron chi connectivity index (χ3n) is 5.53. The lowest BCUT2D eigenvalue weighted by Crippen LogP contribution is -2.48. The Kier molecular flexibility index (Phi) is 3.18. The number of carbonyl (C=O) groups is 1. The van der Waals surface area contributed by atoms with Gasteiger partial charge in [0, 0.05) is 5.56 Å². The molecule has 0 unspecified atom stereocenters. The number of ether oxygens (including phenoxy) is 2. The van der Waals surface area contributed by atoms with Crippen molar-refractivity contribution in [3.05, 3.63) is 35.4 Å². The Hall–Kier alpha value is -2.30. The Morgan fingerprint density at radius 2 is 2.17 bits per heavy atom. The van der Waals surface area contributed by atoms with Crippen LogP contribution in [0.1, 0.15) is 37.0 Å². The van der Waals surface area contributed by atoms with Gasteiger partial charge in [-0.25, -0.2) is 5.43 Å². The van der Waals surface area contributed by atoms with Gasteiger partial charge in [0.25, 0.3) is 5.91 Å². The van der Waals surface area contributed by atoms with Crippen LogP contribution in [0, 0.1) is 17.3 Å². The Morgan fingerprint density at radius 3 is 2.96 bits per heavy atom. The fourth-order valence-corrected chi connectivity index (χ4v) is 3.81. The molecule has 0 aromatic heterocycles. The first-order chi connectivity index (χ1) is 11.1. The Bertz CT molecular complexity index is 721. The number of carbonyl (C=O) groups excluding carboxylic acids is 1. The summed E-state index contributed by atoms with van der Waals surface area (Å²) in [6.07, 6.45) is 6.40. The molecule has 1 fully saturated rings. The predicted molar refractivity (Wildman–Crippen MR) is 86.6 cm³/mol. The molecule has 2 bridgehead atoms. The van der Waals surface area contributed by atoms with Crippen LogP contribution in [0.25, 0.3) is 0 Å². The van der Waals surface area contributed by atoms with E-state index in [1.54, 1.807) is 24.4 Å². The van der Waals surface area contributed by atoms with Crippen molar-refractivity contribution in [2.45, 2.75) is 26.7 Å². The molecule has 1 aromatic rings. The molecule has 1 aromatic carbocycles. The zero-order valence-electron chi connectivity index (χ0n) is 13.3. The molecular formula is C18H20N2O3. The second kappa shape index (κ2) is 5.11. The molecule has 5 nitrogen and oxygen atoms in total. The van der Waals surface area contributed by atoms with E-state index in [2.05, 4.69) is 30.5 Å². The van der Waals surface area contributed by atoms with Gasteiger partial charge in [0.15, 0.2) is 11.5 Å². The topological polar surface area (TPSA) is 59.9 Å². The van der Waals surface area contributed by atoms with E-state index >= 15 is 0 Å². The van der Waals surface area contributed by atoms with Crippen molar-refractivity contribution in [3.63, 3.8) is 0 Å². The summed E-state index contributed by atoms with van der Waals surface area (Å²) < 4.78 is 10.5. The van der Waals surface area contributed by atoms with Gasteiger partial charge in [0.2, 0.25) is 6.79 Å². The largest absolute Gasteiger partial charge is 0.454 e. The lowest BCUT2D eigenvalue weighted by Gasteiger charge is -2.55. The number of benzene rings is 1. The zero-order valence-corrected chi connectivity index (χ0v) is 13.3. The van der Waals surface area contributed by atoms with Gasteiger partial charge in [0.05, 0.1) is 6.21 Å². The number of amides is 1. The molecule has 0 saturated heterocycles. The van der Waals surface area contributed by atoms with Gasteiger partial charge < -0.3 is 9.47 Å². The average molecular weight is 312 g/mol. The van der Waals surface area contributed by atoms with Crippen molar-refractivity contribution in [1.29, 1.82) is 0 Å². The molecule has 2 atom stereocenters. The second-order valence-corrected chi connectivity index (χ2v) is 7.01. The minimum absolute atomic E-state index is 0.199. The molecule has 120 valence electrons. The van der Waals surface area contributed by atoms with Gasteiger partial charge in [-0.2, -0.15) is 5.10 Å². The van der Waals surface area contributed by atoms with Crippen molar-refractivity contribution >= 4 is 12.1 Å². The summed E-state index contributed by atoms with van der Waals surface area (Å²) in [6.45, 7) is 4.83. The molecule has 1 aliphatic heterocycles. The Labute approximate surface area is 135 Å². The number of allylic oxidation sites excluding steroid dienone is 2. The van der Waals surface area contributed by atoms with Crippen molar-refractivity contribution in [3.8, 4) is 11.5 Å². The van der Waals surface area contributed by atoms with Crippen LogP contribution >= 0.6 is 0 Å². The summed E-state index contributed by atoms with van der Waals surface area (Å²) in [5.41, 5.74) is 4.70. The first kappa shape index (κ1) is 14.3. The smallest absolute Gasteiger partial charge is 0.271 e. The molecule has 3 aliphatic carbocycles. The standard InChI is InChI=1S/C18H20N2O3/c1-18(2)13-5-3-12(14(18)8-13)9-19-20-17(21)11-4-6-15-16(7-11)23-10-22-15/h3-4,6-7,9,13-14H,5,8,10H2,1-2H3,(H,20,21)/b19-9-/t13-,14-/m1/s1. The first-order valence-corrected chi connectivity index (χ1v) is 7.99. The molecule has 0 spiro atoms. The van der Waals surface area contributed by atoms with Crippen LogP contribution in [0.4, 0.5) is 0 Å². The molecule has 1 N–H and O–H groups in total. The summed E-state index contributed by atoms with van der Waals surface area (Å²) in [5.74, 6) is 2.38. The van der Waals surface area contributed by atoms with E-state index < -0.39 is 0 Å². The maximum absolute atomic E-state index is 12.2. The molecule has 5 rings (SSSR count). The number of nitrogens with zero attached hydrogens (tertiary/aromatic N) is 1. The van der Waals surface area contributed by atoms with Gasteiger partial charge in [-0.05, 0) is 53.9 Å². The SMILES string of the molecule is CC1(C)[C@@H]2CC=C(/C=N\NC(=O)c3ccc4c(c3)OCO4)[C@H]1C2. The summed E-state index contributed by atoms with van der Waals surface area (Å²) in [7, 11) is 0. The maximum Gasteiger partial charge on any atom is 0.271 e. The van der Waals surface area contributed by atoms with Crippen molar-refractivity contribution in [2.75, 3.05) is 6.79 Å². The van der Waals surface area contributed by atoms with Crippen LogP contribution in [0.5, 0.6) is 11.5 Å². The molecule has 1 heterocycles. The van der Waals surface area contributed by atoms with Gasteiger partial charge >= 0.3 is 0 Å². The molecule has 23 heavy (non-hydrogen) atoms. The van der Waals surface area contributed by atoms with E-state index in [0.29, 0.717) is 28.4 Å². The highest BCUT2D eigenvalue weighted by atomic mass is 16.7. The monoisotopic (exact) mass is 312 g/mol. The molecule has 1 saturated carbocycles. The first-order valence-electron chi connectivity index (χ1n) is 7.99. The fourth-order valence-electron chi connectivity index (χ4n) is 3.81. The van der Waals surface area contributed by atoms with Crippen LogP contribution in [-0.4, -0.2) is 18.9 Å². The predicted octanol–water partition coefficient (Wildman–Crippen LogP) is 3.12. The summed E-state index contributed by atoms with van der Waals surface area (Å²) in [6, 6.07) is 5.12. The number of hydrazone groups is 1. The normalized spacial score (nSPS) is 26.6. The third-order valence-corrected chi connectivity index (χ3v) is 5.53. The van der Waals surface area contributed by atoms with E-state index in [4.69, 9.17) is 9.47 Å². The lowest BCUT2D eigenvalue weighted by molar-refractivity contribution is -0.00126. The summed E-state index contributed by atoms with van der Waals surface area (Å²) >= 11 is 0. The molecule has 5 heteroatoms. The molecular weight excluding hydrogens is 292 g/mol. The molecule has 1 amide bonds. The molecule has 4 aliphatic rings. The summed E-state index contributed by atoms with van der Waals surface area (Å²) in [4.78, 5) is 12.2. The Morgan fingerprint density at radius 1 is 1.35 bits per heavy atom.